The standard InChI is InChI=1S/C19H18/c1-2-8-15-13-14-18(16-9-4-3-5-10-16)19-12-7-6-11-17(15)19/h3-7,9-14H,2,8H2,1H3. The van der Waals surface area contributed by atoms with Crippen molar-refractivity contribution >= 4 is 10.8 Å². The smallest absolute Gasteiger partial charge is 0.0103 e. The van der Waals surface area contributed by atoms with Crippen LogP contribution < -0.4 is 0 Å². The van der Waals surface area contributed by atoms with Crippen molar-refractivity contribution in [2.24, 2.45) is 0 Å². The first kappa shape index (κ1) is 12.0. The first-order chi connectivity index (χ1) is 9.40. The Bertz CT molecular complexity index is 681. The molecule has 0 aliphatic heterocycles. The molecule has 0 saturated carbocycles. The minimum Gasteiger partial charge on any atom is -0.0651 e. The van der Waals surface area contributed by atoms with Crippen LogP contribution in [0.1, 0.15) is 18.9 Å². The maximum Gasteiger partial charge on any atom is -0.0103 e. The number of hydrogen-bond donors (Lipinski definition) is 0. The third kappa shape index (κ3) is 2.26. The SMILES string of the molecule is CCCc1ccc(-c2ccccc2)c2ccccc12. The molecule has 0 spiro atoms. The molecule has 0 aliphatic carbocycles. The van der Waals surface area contributed by atoms with E-state index in [9.17, 15) is 0 Å². The van der Waals surface area contributed by atoms with Gasteiger partial charge >= 0.3 is 0 Å². The summed E-state index contributed by atoms with van der Waals surface area (Å²) in [5.41, 5.74) is 4.08. The molecule has 0 aromatic heterocycles. The summed E-state index contributed by atoms with van der Waals surface area (Å²) in [4.78, 5) is 0. The lowest BCUT2D eigenvalue weighted by atomic mass is 9.93. The number of rotatable bonds is 3. The van der Waals surface area contributed by atoms with Gasteiger partial charge in [-0.3, -0.25) is 0 Å². The summed E-state index contributed by atoms with van der Waals surface area (Å²) in [6.07, 6.45) is 2.34. The molecular formula is C19H18. The Kier molecular flexibility index (Phi) is 3.33. The van der Waals surface area contributed by atoms with Crippen LogP contribution in [0, 0.1) is 0 Å². The maximum absolute atomic E-state index is 2.29. The maximum atomic E-state index is 2.29. The molecule has 0 nitrogen and oxygen atoms in total. The van der Waals surface area contributed by atoms with E-state index >= 15 is 0 Å². The van der Waals surface area contributed by atoms with Gasteiger partial charge in [-0.2, -0.15) is 0 Å². The van der Waals surface area contributed by atoms with Gasteiger partial charge in [0, 0.05) is 0 Å². The van der Waals surface area contributed by atoms with E-state index in [4.69, 9.17) is 0 Å². The van der Waals surface area contributed by atoms with Crippen molar-refractivity contribution in [1.82, 2.24) is 0 Å². The molecule has 0 heterocycles. The predicted octanol–water partition coefficient (Wildman–Crippen LogP) is 5.46. The van der Waals surface area contributed by atoms with E-state index in [0.29, 0.717) is 0 Å². The van der Waals surface area contributed by atoms with Gasteiger partial charge in [0.05, 0.1) is 0 Å². The van der Waals surface area contributed by atoms with Gasteiger partial charge in [0.25, 0.3) is 0 Å². The number of benzene rings is 3. The van der Waals surface area contributed by atoms with Crippen molar-refractivity contribution in [1.29, 1.82) is 0 Å². The predicted molar refractivity (Wildman–Crippen MR) is 83.4 cm³/mol. The molecule has 0 aliphatic rings. The van der Waals surface area contributed by atoms with Crippen LogP contribution in [0.3, 0.4) is 0 Å². The normalized spacial score (nSPS) is 10.8. The van der Waals surface area contributed by atoms with E-state index in [-0.39, 0.29) is 0 Å². The van der Waals surface area contributed by atoms with Crippen LogP contribution in [-0.2, 0) is 6.42 Å². The summed E-state index contributed by atoms with van der Waals surface area (Å²) >= 11 is 0. The minimum atomic E-state index is 1.15. The number of hydrogen-bond acceptors (Lipinski definition) is 0. The minimum absolute atomic E-state index is 1.15. The Morgan fingerprint density at radius 3 is 2.11 bits per heavy atom. The number of fused-ring (bicyclic) bond motifs is 1. The van der Waals surface area contributed by atoms with Crippen LogP contribution in [0.5, 0.6) is 0 Å². The van der Waals surface area contributed by atoms with E-state index in [1.54, 1.807) is 0 Å². The van der Waals surface area contributed by atoms with Gasteiger partial charge in [-0.1, -0.05) is 80.1 Å². The molecule has 0 unspecified atom stereocenters. The average Bonchev–Trinajstić information content (AvgIpc) is 2.49. The van der Waals surface area contributed by atoms with Crippen molar-refractivity contribution in [2.75, 3.05) is 0 Å². The third-order valence-corrected chi connectivity index (χ3v) is 3.62. The molecule has 0 N–H and O–H groups in total. The fourth-order valence-corrected chi connectivity index (χ4v) is 2.72. The van der Waals surface area contributed by atoms with Crippen molar-refractivity contribution in [3.8, 4) is 11.1 Å². The van der Waals surface area contributed by atoms with Crippen LogP contribution in [0.15, 0.2) is 66.7 Å². The number of aryl methyl sites for hydroxylation is 1. The van der Waals surface area contributed by atoms with Gasteiger partial charge in [0.2, 0.25) is 0 Å². The van der Waals surface area contributed by atoms with Gasteiger partial charge in [-0.15, -0.1) is 0 Å². The molecule has 0 amide bonds. The lowest BCUT2D eigenvalue weighted by Crippen LogP contribution is -1.88. The summed E-state index contributed by atoms with van der Waals surface area (Å²) in [5, 5.41) is 2.75. The molecule has 3 aromatic rings. The lowest BCUT2D eigenvalue weighted by molar-refractivity contribution is 0.930. The highest BCUT2D eigenvalue weighted by molar-refractivity contribution is 5.98. The molecule has 0 heteroatoms. The molecule has 3 aromatic carbocycles. The van der Waals surface area contributed by atoms with Gasteiger partial charge in [-0.25, -0.2) is 0 Å². The Morgan fingerprint density at radius 1 is 0.684 bits per heavy atom. The van der Waals surface area contributed by atoms with Crippen molar-refractivity contribution in [3.05, 3.63) is 72.3 Å². The second-order valence-corrected chi connectivity index (χ2v) is 4.93. The summed E-state index contributed by atoms with van der Waals surface area (Å²) in [6.45, 7) is 2.24. The first-order valence-electron chi connectivity index (χ1n) is 6.96. The zero-order valence-corrected chi connectivity index (χ0v) is 11.3. The highest BCUT2D eigenvalue weighted by atomic mass is 14.1. The monoisotopic (exact) mass is 246 g/mol. The first-order valence-corrected chi connectivity index (χ1v) is 6.96. The Labute approximate surface area is 114 Å². The Balaban J connectivity index is 2.25. The Morgan fingerprint density at radius 2 is 1.37 bits per heavy atom. The summed E-state index contributed by atoms with van der Waals surface area (Å²) in [5.74, 6) is 0. The van der Waals surface area contributed by atoms with E-state index in [1.165, 1.54) is 33.9 Å². The molecule has 0 radical (unpaired) electrons. The van der Waals surface area contributed by atoms with Gasteiger partial charge in [-0.05, 0) is 33.9 Å². The van der Waals surface area contributed by atoms with E-state index in [2.05, 4.69) is 73.7 Å². The zero-order chi connectivity index (χ0) is 13.1. The van der Waals surface area contributed by atoms with Crippen LogP contribution >= 0.6 is 0 Å². The molecule has 19 heavy (non-hydrogen) atoms. The van der Waals surface area contributed by atoms with Crippen molar-refractivity contribution < 1.29 is 0 Å². The third-order valence-electron chi connectivity index (χ3n) is 3.62. The average molecular weight is 246 g/mol. The molecule has 0 saturated heterocycles. The van der Waals surface area contributed by atoms with Crippen LogP contribution in [0.2, 0.25) is 0 Å². The van der Waals surface area contributed by atoms with Crippen LogP contribution in [0.4, 0.5) is 0 Å². The van der Waals surface area contributed by atoms with Gasteiger partial charge < -0.3 is 0 Å². The Hall–Kier alpha value is -2.08. The molecular weight excluding hydrogens is 228 g/mol. The largest absolute Gasteiger partial charge is 0.0651 e. The summed E-state index contributed by atoms with van der Waals surface area (Å²) in [6, 6.07) is 23.9. The van der Waals surface area contributed by atoms with Crippen molar-refractivity contribution in [3.63, 3.8) is 0 Å². The lowest BCUT2D eigenvalue weighted by Gasteiger charge is -2.11. The van der Waals surface area contributed by atoms with E-state index in [0.717, 1.165) is 6.42 Å². The zero-order valence-electron chi connectivity index (χ0n) is 11.3. The molecule has 0 fully saturated rings. The van der Waals surface area contributed by atoms with Gasteiger partial charge in [0.1, 0.15) is 0 Å². The molecule has 94 valence electrons. The highest BCUT2D eigenvalue weighted by Crippen LogP contribution is 2.31. The topological polar surface area (TPSA) is 0 Å². The van der Waals surface area contributed by atoms with E-state index < -0.39 is 0 Å². The molecule has 3 rings (SSSR count). The highest BCUT2D eigenvalue weighted by Gasteiger charge is 2.06. The van der Waals surface area contributed by atoms with Gasteiger partial charge in [0.15, 0.2) is 0 Å². The van der Waals surface area contributed by atoms with Crippen LogP contribution in [-0.4, -0.2) is 0 Å². The van der Waals surface area contributed by atoms with E-state index in [1.807, 2.05) is 0 Å². The summed E-state index contributed by atoms with van der Waals surface area (Å²) in [7, 11) is 0. The second-order valence-electron chi connectivity index (χ2n) is 4.93. The fourth-order valence-electron chi connectivity index (χ4n) is 2.72. The summed E-state index contributed by atoms with van der Waals surface area (Å²) < 4.78 is 0. The quantitative estimate of drug-likeness (QED) is 0.575. The van der Waals surface area contributed by atoms with Crippen LogP contribution in [0.25, 0.3) is 21.9 Å². The molecule has 0 bridgehead atoms. The van der Waals surface area contributed by atoms with Crippen molar-refractivity contribution in [2.45, 2.75) is 19.8 Å². The second kappa shape index (κ2) is 5.27. The fraction of sp³-hybridized carbons (Fsp3) is 0.158. The molecule has 0 atom stereocenters.